The number of hydrogen-bond donors (Lipinski definition) is 1. The highest BCUT2D eigenvalue weighted by atomic mass is 32.1. The van der Waals surface area contributed by atoms with Gasteiger partial charge in [0.2, 0.25) is 0 Å². The Kier molecular flexibility index (Phi) is 3.48. The van der Waals surface area contributed by atoms with Gasteiger partial charge in [0.1, 0.15) is 0 Å². The van der Waals surface area contributed by atoms with Crippen molar-refractivity contribution in [3.05, 3.63) is 29.8 Å². The zero-order chi connectivity index (χ0) is 12.4. The minimum Gasteiger partial charge on any atom is -0.376 e. The second-order valence-electron chi connectivity index (χ2n) is 4.85. The minimum absolute atomic E-state index is 0.334. The van der Waals surface area contributed by atoms with Crippen molar-refractivity contribution in [2.45, 2.75) is 25.4 Å². The van der Waals surface area contributed by atoms with E-state index in [9.17, 15) is 0 Å². The first-order valence-electron chi connectivity index (χ1n) is 6.59. The van der Waals surface area contributed by atoms with E-state index >= 15 is 0 Å². The van der Waals surface area contributed by atoms with Crippen molar-refractivity contribution in [1.29, 1.82) is 0 Å². The highest BCUT2D eigenvalue weighted by molar-refractivity contribution is 7.80. The smallest absolute Gasteiger partial charge is 0.173 e. The lowest BCUT2D eigenvalue weighted by atomic mass is 10.2. The Hall–Kier alpha value is -1.13. The van der Waals surface area contributed by atoms with Crippen molar-refractivity contribution in [2.24, 2.45) is 0 Å². The maximum Gasteiger partial charge on any atom is 0.173 e. The van der Waals surface area contributed by atoms with Crippen LogP contribution in [-0.2, 0) is 11.2 Å². The molecule has 0 aliphatic carbocycles. The second kappa shape index (κ2) is 5.24. The monoisotopic (exact) mass is 262 g/mol. The number of para-hydroxylation sites is 1. The zero-order valence-corrected chi connectivity index (χ0v) is 11.2. The summed E-state index contributed by atoms with van der Waals surface area (Å²) in [6.45, 7) is 2.71. The van der Waals surface area contributed by atoms with Crippen LogP contribution in [0.1, 0.15) is 18.4 Å². The van der Waals surface area contributed by atoms with Gasteiger partial charge in [-0.2, -0.15) is 0 Å². The molecule has 18 heavy (non-hydrogen) atoms. The molecular weight excluding hydrogens is 244 g/mol. The summed E-state index contributed by atoms with van der Waals surface area (Å²) in [6, 6.07) is 8.48. The standard InChI is InChI=1S/C14H18N2OS/c18-14(15-10-12-5-3-9-17-12)16-8-7-11-4-1-2-6-13(11)16/h1-2,4,6,12H,3,5,7-10H2,(H,15,18)/t12-/m1/s1. The molecule has 2 aliphatic rings. The third kappa shape index (κ3) is 2.35. The Labute approximate surface area is 113 Å². The summed E-state index contributed by atoms with van der Waals surface area (Å²) in [7, 11) is 0. The second-order valence-corrected chi connectivity index (χ2v) is 5.24. The molecule has 1 saturated heterocycles. The first-order chi connectivity index (χ1) is 8.84. The number of thiocarbonyl (C=S) groups is 1. The van der Waals surface area contributed by atoms with Crippen molar-refractivity contribution >= 4 is 23.0 Å². The van der Waals surface area contributed by atoms with E-state index in [-0.39, 0.29) is 0 Å². The van der Waals surface area contributed by atoms with Crippen molar-refractivity contribution in [2.75, 3.05) is 24.6 Å². The molecule has 1 fully saturated rings. The Morgan fingerprint density at radius 1 is 1.44 bits per heavy atom. The Morgan fingerprint density at radius 3 is 3.17 bits per heavy atom. The third-order valence-corrected chi connectivity index (χ3v) is 4.00. The molecule has 2 heterocycles. The average Bonchev–Trinajstić information content (AvgIpc) is 3.05. The van der Waals surface area contributed by atoms with Gasteiger partial charge in [0.05, 0.1) is 6.10 Å². The Balaban J connectivity index is 1.60. The van der Waals surface area contributed by atoms with Gasteiger partial charge in [-0.1, -0.05) is 18.2 Å². The molecule has 1 atom stereocenters. The molecule has 4 heteroatoms. The van der Waals surface area contributed by atoms with Crippen LogP contribution in [0.15, 0.2) is 24.3 Å². The van der Waals surface area contributed by atoms with Crippen LogP contribution in [0.2, 0.25) is 0 Å². The highest BCUT2D eigenvalue weighted by Crippen LogP contribution is 2.27. The first kappa shape index (κ1) is 11.9. The number of ether oxygens (including phenoxy) is 1. The predicted octanol–water partition coefficient (Wildman–Crippen LogP) is 2.10. The average molecular weight is 262 g/mol. The number of hydrogen-bond acceptors (Lipinski definition) is 2. The molecule has 0 saturated carbocycles. The van der Waals surface area contributed by atoms with Gasteiger partial charge in [-0.25, -0.2) is 0 Å². The van der Waals surface area contributed by atoms with Crippen LogP contribution in [0.4, 0.5) is 5.69 Å². The molecule has 0 aromatic heterocycles. The molecule has 1 aromatic carbocycles. The summed E-state index contributed by atoms with van der Waals surface area (Å²) < 4.78 is 5.59. The zero-order valence-electron chi connectivity index (χ0n) is 10.4. The molecule has 0 unspecified atom stereocenters. The van der Waals surface area contributed by atoms with Crippen molar-refractivity contribution < 1.29 is 4.74 Å². The fourth-order valence-electron chi connectivity index (χ4n) is 2.65. The number of rotatable bonds is 2. The van der Waals surface area contributed by atoms with E-state index in [2.05, 4.69) is 34.5 Å². The van der Waals surface area contributed by atoms with Gasteiger partial charge in [-0.05, 0) is 43.1 Å². The molecule has 0 spiro atoms. The molecule has 3 rings (SSSR count). The quantitative estimate of drug-likeness (QED) is 0.825. The number of nitrogens with zero attached hydrogens (tertiary/aromatic N) is 1. The van der Waals surface area contributed by atoms with Crippen molar-refractivity contribution in [3.63, 3.8) is 0 Å². The van der Waals surface area contributed by atoms with Crippen LogP contribution in [0.3, 0.4) is 0 Å². The van der Waals surface area contributed by atoms with Crippen LogP contribution >= 0.6 is 12.2 Å². The highest BCUT2D eigenvalue weighted by Gasteiger charge is 2.22. The maximum absolute atomic E-state index is 5.59. The Bertz CT molecular complexity index is 443. The van der Waals surface area contributed by atoms with Gasteiger partial charge in [-0.15, -0.1) is 0 Å². The number of anilines is 1. The third-order valence-electron chi connectivity index (χ3n) is 3.64. The predicted molar refractivity (Wildman–Crippen MR) is 77.1 cm³/mol. The number of nitrogens with one attached hydrogen (secondary N) is 1. The lowest BCUT2D eigenvalue weighted by Gasteiger charge is -2.22. The topological polar surface area (TPSA) is 24.5 Å². The summed E-state index contributed by atoms with van der Waals surface area (Å²) in [5, 5.41) is 4.17. The van der Waals surface area contributed by atoms with E-state index in [1.807, 2.05) is 0 Å². The van der Waals surface area contributed by atoms with E-state index in [1.165, 1.54) is 17.7 Å². The number of benzene rings is 1. The summed E-state index contributed by atoms with van der Waals surface area (Å²) >= 11 is 5.48. The van der Waals surface area contributed by atoms with Crippen LogP contribution in [-0.4, -0.2) is 30.9 Å². The summed E-state index contributed by atoms with van der Waals surface area (Å²) in [5.41, 5.74) is 2.64. The molecule has 2 aliphatic heterocycles. The fraction of sp³-hybridized carbons (Fsp3) is 0.500. The van der Waals surface area contributed by atoms with Crippen LogP contribution < -0.4 is 10.2 Å². The molecular formula is C14H18N2OS. The molecule has 3 nitrogen and oxygen atoms in total. The molecule has 1 N–H and O–H groups in total. The van der Waals surface area contributed by atoms with Gasteiger partial charge in [0.15, 0.2) is 5.11 Å². The van der Waals surface area contributed by atoms with Crippen molar-refractivity contribution in [1.82, 2.24) is 5.32 Å². The van der Waals surface area contributed by atoms with Gasteiger partial charge < -0.3 is 15.0 Å². The van der Waals surface area contributed by atoms with Gasteiger partial charge in [0, 0.05) is 25.4 Å². The molecule has 96 valence electrons. The van der Waals surface area contributed by atoms with E-state index in [4.69, 9.17) is 17.0 Å². The van der Waals surface area contributed by atoms with Crippen LogP contribution in [0.25, 0.3) is 0 Å². The molecule has 0 bridgehead atoms. The minimum atomic E-state index is 0.334. The first-order valence-corrected chi connectivity index (χ1v) is 7.00. The van der Waals surface area contributed by atoms with E-state index < -0.39 is 0 Å². The van der Waals surface area contributed by atoms with Gasteiger partial charge in [0.25, 0.3) is 0 Å². The lowest BCUT2D eigenvalue weighted by molar-refractivity contribution is 0.114. The number of fused-ring (bicyclic) bond motifs is 1. The molecule has 1 aromatic rings. The Morgan fingerprint density at radius 2 is 2.33 bits per heavy atom. The summed E-state index contributed by atoms with van der Waals surface area (Å²) in [4.78, 5) is 2.19. The van der Waals surface area contributed by atoms with Crippen LogP contribution in [0, 0.1) is 0 Å². The van der Waals surface area contributed by atoms with E-state index in [1.54, 1.807) is 0 Å². The van der Waals surface area contributed by atoms with Gasteiger partial charge >= 0.3 is 0 Å². The largest absolute Gasteiger partial charge is 0.376 e. The lowest BCUT2D eigenvalue weighted by Crippen LogP contribution is -2.41. The molecule has 0 radical (unpaired) electrons. The van der Waals surface area contributed by atoms with Gasteiger partial charge in [-0.3, -0.25) is 0 Å². The van der Waals surface area contributed by atoms with Crippen molar-refractivity contribution in [3.8, 4) is 0 Å². The SMILES string of the molecule is S=C(NC[C@H]1CCCO1)N1CCc2ccccc21. The van der Waals surface area contributed by atoms with E-state index in [0.29, 0.717) is 6.10 Å². The molecule has 0 amide bonds. The summed E-state index contributed by atoms with van der Waals surface area (Å²) in [6.07, 6.45) is 3.73. The summed E-state index contributed by atoms with van der Waals surface area (Å²) in [5.74, 6) is 0. The normalized spacial score (nSPS) is 22.0. The fourth-order valence-corrected chi connectivity index (χ4v) is 2.92. The van der Waals surface area contributed by atoms with Crippen LogP contribution in [0.5, 0.6) is 0 Å². The van der Waals surface area contributed by atoms with E-state index in [0.717, 1.165) is 37.7 Å². The maximum atomic E-state index is 5.59.